The number of hydrogen-bond acceptors (Lipinski definition) is 6. The topological polar surface area (TPSA) is 103 Å². The van der Waals surface area contributed by atoms with Gasteiger partial charge in [-0.2, -0.15) is 13.9 Å². The molecule has 0 unspecified atom stereocenters. The van der Waals surface area contributed by atoms with Gasteiger partial charge in [0.15, 0.2) is 11.5 Å². The summed E-state index contributed by atoms with van der Waals surface area (Å²) in [5.74, 6) is -0.714. The van der Waals surface area contributed by atoms with Gasteiger partial charge in [0.2, 0.25) is 0 Å². The van der Waals surface area contributed by atoms with Crippen molar-refractivity contribution in [1.82, 2.24) is 5.43 Å². The summed E-state index contributed by atoms with van der Waals surface area (Å²) in [6.45, 7) is -2.99. The molecular weight excluding hydrogens is 352 g/mol. The van der Waals surface area contributed by atoms with E-state index in [1.165, 1.54) is 49.7 Å². The van der Waals surface area contributed by atoms with Crippen molar-refractivity contribution in [3.8, 4) is 11.5 Å². The molecular formula is C16H13F2N3O5. The summed E-state index contributed by atoms with van der Waals surface area (Å²) in [4.78, 5) is 22.0. The molecule has 0 bridgehead atoms. The van der Waals surface area contributed by atoms with Crippen LogP contribution in [0.4, 0.5) is 14.5 Å². The molecule has 8 nitrogen and oxygen atoms in total. The number of nitro groups is 1. The molecule has 0 atom stereocenters. The van der Waals surface area contributed by atoms with Crippen molar-refractivity contribution < 1.29 is 28.0 Å². The molecule has 0 aromatic heterocycles. The van der Waals surface area contributed by atoms with Crippen LogP contribution in [0.25, 0.3) is 0 Å². The average Bonchev–Trinajstić information content (AvgIpc) is 2.62. The molecule has 0 spiro atoms. The first-order valence-electron chi connectivity index (χ1n) is 7.11. The molecule has 10 heteroatoms. The normalized spacial score (nSPS) is 10.8. The van der Waals surface area contributed by atoms with E-state index in [0.717, 1.165) is 6.07 Å². The Kier molecular flexibility index (Phi) is 6.15. The Morgan fingerprint density at radius 1 is 1.27 bits per heavy atom. The zero-order valence-electron chi connectivity index (χ0n) is 13.4. The summed E-state index contributed by atoms with van der Waals surface area (Å²) in [5.41, 5.74) is 2.50. The summed E-state index contributed by atoms with van der Waals surface area (Å²) in [6, 6.07) is 9.25. The smallest absolute Gasteiger partial charge is 0.387 e. The summed E-state index contributed by atoms with van der Waals surface area (Å²) < 4.78 is 33.8. The number of halogens is 2. The quantitative estimate of drug-likeness (QED) is 0.462. The Morgan fingerprint density at radius 3 is 2.69 bits per heavy atom. The predicted octanol–water partition coefficient (Wildman–Crippen LogP) is 2.97. The van der Waals surface area contributed by atoms with Crippen molar-refractivity contribution >= 4 is 17.8 Å². The number of carbonyl (C=O) groups is 1. The second kappa shape index (κ2) is 8.51. The van der Waals surface area contributed by atoms with Crippen LogP contribution in [0.3, 0.4) is 0 Å². The van der Waals surface area contributed by atoms with Crippen LogP contribution in [-0.2, 0) is 0 Å². The second-order valence-corrected chi connectivity index (χ2v) is 4.80. The van der Waals surface area contributed by atoms with Crippen molar-refractivity contribution in [1.29, 1.82) is 0 Å². The molecule has 0 heterocycles. The number of nitrogens with zero attached hydrogens (tertiary/aromatic N) is 2. The van der Waals surface area contributed by atoms with E-state index in [2.05, 4.69) is 15.3 Å². The van der Waals surface area contributed by atoms with E-state index in [4.69, 9.17) is 4.74 Å². The van der Waals surface area contributed by atoms with E-state index in [1.807, 2.05) is 0 Å². The van der Waals surface area contributed by atoms with Crippen molar-refractivity contribution in [3.63, 3.8) is 0 Å². The van der Waals surface area contributed by atoms with Crippen LogP contribution in [0.5, 0.6) is 11.5 Å². The number of alkyl halides is 2. The highest BCUT2D eigenvalue weighted by Gasteiger charge is 2.12. The largest absolute Gasteiger partial charge is 0.493 e. The number of rotatable bonds is 7. The van der Waals surface area contributed by atoms with Gasteiger partial charge in [0, 0.05) is 17.7 Å². The van der Waals surface area contributed by atoms with Gasteiger partial charge in [-0.3, -0.25) is 14.9 Å². The molecule has 2 aromatic carbocycles. The Labute approximate surface area is 146 Å². The molecule has 26 heavy (non-hydrogen) atoms. The molecule has 0 fully saturated rings. The van der Waals surface area contributed by atoms with Crippen LogP contribution >= 0.6 is 0 Å². The minimum Gasteiger partial charge on any atom is -0.493 e. The van der Waals surface area contributed by atoms with Crippen molar-refractivity contribution in [2.24, 2.45) is 5.10 Å². The Morgan fingerprint density at radius 2 is 2.04 bits per heavy atom. The third-order valence-corrected chi connectivity index (χ3v) is 3.10. The van der Waals surface area contributed by atoms with Crippen LogP contribution in [-0.4, -0.2) is 30.8 Å². The Balaban J connectivity index is 2.07. The van der Waals surface area contributed by atoms with Gasteiger partial charge in [-0.15, -0.1) is 0 Å². The van der Waals surface area contributed by atoms with Crippen molar-refractivity contribution in [3.05, 3.63) is 63.7 Å². The molecule has 2 aromatic rings. The SMILES string of the molecule is COc1cc(/C=N\NC(=O)c2cccc([N+](=O)[O-])c2)ccc1OC(F)F. The van der Waals surface area contributed by atoms with E-state index in [1.54, 1.807) is 0 Å². The standard InChI is InChI=1S/C16H13F2N3O5/c1-25-14-7-10(5-6-13(14)26-16(17)18)9-19-20-15(22)11-3-2-4-12(8-11)21(23)24/h2-9,16H,1H3,(H,20,22)/b19-9-. The third kappa shape index (κ3) is 4.97. The number of methoxy groups -OCH3 is 1. The number of benzene rings is 2. The molecule has 0 aliphatic heterocycles. The van der Waals surface area contributed by atoms with Crippen LogP contribution < -0.4 is 14.9 Å². The van der Waals surface area contributed by atoms with Gasteiger partial charge >= 0.3 is 6.61 Å². The predicted molar refractivity (Wildman–Crippen MR) is 87.8 cm³/mol. The lowest BCUT2D eigenvalue weighted by molar-refractivity contribution is -0.384. The average molecular weight is 365 g/mol. The lowest BCUT2D eigenvalue weighted by atomic mass is 10.2. The molecule has 0 aliphatic rings. The molecule has 0 saturated carbocycles. The lowest BCUT2D eigenvalue weighted by Crippen LogP contribution is -2.17. The van der Waals surface area contributed by atoms with Crippen molar-refractivity contribution in [2.75, 3.05) is 7.11 Å². The van der Waals surface area contributed by atoms with E-state index in [0.29, 0.717) is 5.56 Å². The highest BCUT2D eigenvalue weighted by atomic mass is 19.3. The molecule has 2 rings (SSSR count). The molecule has 136 valence electrons. The summed E-state index contributed by atoms with van der Waals surface area (Å²) in [5, 5.41) is 14.4. The van der Waals surface area contributed by atoms with Crippen LogP contribution in [0.15, 0.2) is 47.6 Å². The van der Waals surface area contributed by atoms with Gasteiger partial charge in [0.25, 0.3) is 11.6 Å². The highest BCUT2D eigenvalue weighted by molar-refractivity contribution is 5.95. The number of non-ortho nitro benzene ring substituents is 1. The highest BCUT2D eigenvalue weighted by Crippen LogP contribution is 2.28. The van der Waals surface area contributed by atoms with Crippen LogP contribution in [0.2, 0.25) is 0 Å². The molecule has 0 saturated heterocycles. The molecule has 0 radical (unpaired) electrons. The number of amides is 1. The zero-order valence-corrected chi connectivity index (χ0v) is 13.4. The number of carbonyl (C=O) groups excluding carboxylic acids is 1. The summed E-state index contributed by atoms with van der Waals surface area (Å²) >= 11 is 0. The van der Waals surface area contributed by atoms with E-state index in [-0.39, 0.29) is 22.7 Å². The third-order valence-electron chi connectivity index (χ3n) is 3.10. The monoisotopic (exact) mass is 365 g/mol. The van der Waals surface area contributed by atoms with Gasteiger partial charge in [0.05, 0.1) is 18.2 Å². The maximum atomic E-state index is 12.3. The van der Waals surface area contributed by atoms with Gasteiger partial charge in [-0.1, -0.05) is 6.07 Å². The van der Waals surface area contributed by atoms with Gasteiger partial charge in [-0.05, 0) is 29.8 Å². The van der Waals surface area contributed by atoms with Gasteiger partial charge < -0.3 is 9.47 Å². The van der Waals surface area contributed by atoms with Crippen molar-refractivity contribution in [2.45, 2.75) is 6.61 Å². The molecule has 1 N–H and O–H groups in total. The molecule has 1 amide bonds. The number of hydrazone groups is 1. The van der Waals surface area contributed by atoms with Gasteiger partial charge in [0.1, 0.15) is 0 Å². The summed E-state index contributed by atoms with van der Waals surface area (Å²) in [6.07, 6.45) is 1.25. The van der Waals surface area contributed by atoms with Crippen LogP contribution in [0, 0.1) is 10.1 Å². The maximum Gasteiger partial charge on any atom is 0.387 e. The minimum absolute atomic E-state index is 0.0645. The maximum absolute atomic E-state index is 12.3. The fraction of sp³-hybridized carbons (Fsp3) is 0.125. The fourth-order valence-corrected chi connectivity index (χ4v) is 1.95. The number of ether oxygens (including phenoxy) is 2. The van der Waals surface area contributed by atoms with Gasteiger partial charge in [-0.25, -0.2) is 5.43 Å². The first-order chi connectivity index (χ1) is 12.4. The first-order valence-corrected chi connectivity index (χ1v) is 7.11. The minimum atomic E-state index is -2.99. The Bertz CT molecular complexity index is 842. The zero-order chi connectivity index (χ0) is 19.1. The second-order valence-electron chi connectivity index (χ2n) is 4.80. The van der Waals surface area contributed by atoms with E-state index in [9.17, 15) is 23.7 Å². The van der Waals surface area contributed by atoms with Crippen LogP contribution in [0.1, 0.15) is 15.9 Å². The van der Waals surface area contributed by atoms with E-state index >= 15 is 0 Å². The fourth-order valence-electron chi connectivity index (χ4n) is 1.95. The number of nitrogens with one attached hydrogen (secondary N) is 1. The first kappa shape index (κ1) is 18.8. The number of hydrogen-bond donors (Lipinski definition) is 1. The number of nitro benzene ring substituents is 1. The summed E-state index contributed by atoms with van der Waals surface area (Å²) in [7, 11) is 1.29. The molecule has 0 aliphatic carbocycles. The Hall–Kier alpha value is -3.56. The lowest BCUT2D eigenvalue weighted by Gasteiger charge is -2.09. The van der Waals surface area contributed by atoms with E-state index < -0.39 is 17.4 Å².